The summed E-state index contributed by atoms with van der Waals surface area (Å²) in [5.74, 6) is 0.0546. The van der Waals surface area contributed by atoms with Crippen LogP contribution >= 0.6 is 22.7 Å². The zero-order valence-corrected chi connectivity index (χ0v) is 26.2. The summed E-state index contributed by atoms with van der Waals surface area (Å²) in [5.41, 5.74) is 14.5. The van der Waals surface area contributed by atoms with Crippen LogP contribution in [0.1, 0.15) is 69.4 Å². The molecule has 3 aliphatic rings. The Morgan fingerprint density at radius 2 is 1.91 bits per heavy atom. The summed E-state index contributed by atoms with van der Waals surface area (Å²) in [5, 5.41) is 10.5. The van der Waals surface area contributed by atoms with E-state index < -0.39 is 5.91 Å². The lowest BCUT2D eigenvalue weighted by atomic mass is 9.90. The van der Waals surface area contributed by atoms with E-state index in [-0.39, 0.29) is 23.1 Å². The predicted octanol–water partition coefficient (Wildman–Crippen LogP) is 3.09. The number of likely N-dealkylation sites (tertiary alicyclic amines) is 1. The fraction of sp³-hybridized carbons (Fsp3) is 0.517. The second kappa shape index (κ2) is 11.9. The minimum atomic E-state index is -0.578. The molecule has 2 saturated heterocycles. The third kappa shape index (κ3) is 5.59. The summed E-state index contributed by atoms with van der Waals surface area (Å²) in [6.45, 7) is 5.71. The van der Waals surface area contributed by atoms with Crippen molar-refractivity contribution < 1.29 is 14.3 Å². The van der Waals surface area contributed by atoms with Crippen molar-refractivity contribution in [3.8, 4) is 17.3 Å². The number of nitrogens with two attached hydrogens (primary N) is 2. The first-order chi connectivity index (χ1) is 21.3. The minimum absolute atomic E-state index is 0.0903. The van der Waals surface area contributed by atoms with E-state index in [1.807, 2.05) is 13.0 Å². The highest BCUT2D eigenvalue weighted by Gasteiger charge is 2.32. The molecule has 3 fully saturated rings. The topological polar surface area (TPSA) is 170 Å². The lowest BCUT2D eigenvalue weighted by Gasteiger charge is -2.41. The Kier molecular flexibility index (Phi) is 7.84. The lowest BCUT2D eigenvalue weighted by molar-refractivity contribution is 0.0518. The Morgan fingerprint density at radius 3 is 2.64 bits per heavy atom. The van der Waals surface area contributed by atoms with Crippen molar-refractivity contribution in [1.82, 2.24) is 34.8 Å². The Balaban J connectivity index is 1.06. The average Bonchev–Trinajstić information content (AvgIpc) is 3.71. The molecule has 13 nitrogen and oxygen atoms in total. The van der Waals surface area contributed by atoms with Crippen molar-refractivity contribution in [2.24, 2.45) is 5.73 Å². The van der Waals surface area contributed by atoms with Gasteiger partial charge in [-0.2, -0.15) is 5.10 Å². The highest BCUT2D eigenvalue weighted by molar-refractivity contribution is 7.14. The number of nitrogens with zero attached hydrogens (tertiary/aromatic N) is 7. The summed E-state index contributed by atoms with van der Waals surface area (Å²) in [6, 6.07) is 2.53. The molecule has 4 aromatic rings. The van der Waals surface area contributed by atoms with E-state index in [9.17, 15) is 9.59 Å². The maximum Gasteiger partial charge on any atom is 0.277 e. The molecule has 232 valence electrons. The number of nitrogen functional groups attached to an aromatic ring is 1. The summed E-state index contributed by atoms with van der Waals surface area (Å²) in [4.78, 5) is 43.8. The first kappa shape index (κ1) is 28.9. The number of hydrogen-bond acceptors (Lipinski definition) is 12. The number of primary amides is 1. The quantitative estimate of drug-likeness (QED) is 0.261. The van der Waals surface area contributed by atoms with Crippen molar-refractivity contribution in [2.75, 3.05) is 36.8 Å². The van der Waals surface area contributed by atoms with E-state index in [2.05, 4.69) is 35.2 Å². The number of thiazole rings is 2. The number of nitrogens with one attached hydrogen (secondary N) is 1. The van der Waals surface area contributed by atoms with E-state index >= 15 is 0 Å². The molecule has 7 rings (SSSR count). The van der Waals surface area contributed by atoms with Gasteiger partial charge in [-0.3, -0.25) is 9.59 Å². The number of aromatic nitrogens is 5. The number of amides is 2. The number of ether oxygens (including phenoxy) is 1. The van der Waals surface area contributed by atoms with Crippen molar-refractivity contribution >= 4 is 51.5 Å². The molecule has 15 heteroatoms. The smallest absolute Gasteiger partial charge is 0.277 e. The molecule has 6 heterocycles. The fourth-order valence-electron chi connectivity index (χ4n) is 6.56. The van der Waals surface area contributed by atoms with Gasteiger partial charge in [-0.15, -0.1) is 22.7 Å². The van der Waals surface area contributed by atoms with Gasteiger partial charge in [-0.25, -0.2) is 19.5 Å². The van der Waals surface area contributed by atoms with Crippen LogP contribution < -0.4 is 26.4 Å². The lowest BCUT2D eigenvalue weighted by Crippen LogP contribution is -2.48. The van der Waals surface area contributed by atoms with Crippen molar-refractivity contribution in [3.05, 3.63) is 32.7 Å². The number of carbonyl (C=O) groups is 2. The van der Waals surface area contributed by atoms with Crippen LogP contribution in [0.4, 0.5) is 11.5 Å². The third-order valence-electron chi connectivity index (χ3n) is 8.88. The van der Waals surface area contributed by atoms with Gasteiger partial charge in [0.2, 0.25) is 5.88 Å². The van der Waals surface area contributed by atoms with E-state index in [0.29, 0.717) is 46.1 Å². The Hall–Kier alpha value is -3.82. The molecule has 1 aliphatic carbocycles. The minimum Gasteiger partial charge on any atom is -0.473 e. The van der Waals surface area contributed by atoms with Gasteiger partial charge in [-0.1, -0.05) is 0 Å². The van der Waals surface area contributed by atoms with E-state index in [0.717, 1.165) is 55.8 Å². The fourth-order valence-corrected chi connectivity index (χ4v) is 7.98. The number of rotatable bonds is 8. The molecule has 0 spiro atoms. The molecule has 1 saturated carbocycles. The van der Waals surface area contributed by atoms with Gasteiger partial charge >= 0.3 is 0 Å². The molecule has 0 radical (unpaired) electrons. The number of hydrogen-bond donors (Lipinski definition) is 3. The third-order valence-corrected chi connectivity index (χ3v) is 10.7. The maximum absolute atomic E-state index is 13.6. The van der Waals surface area contributed by atoms with Crippen LogP contribution in [0.2, 0.25) is 0 Å². The molecule has 4 aromatic heterocycles. The molecule has 5 N–H and O–H groups in total. The Morgan fingerprint density at radius 1 is 1.09 bits per heavy atom. The van der Waals surface area contributed by atoms with Crippen LogP contribution in [0.3, 0.4) is 0 Å². The molecular weight excluding hydrogens is 601 g/mol. The monoisotopic (exact) mass is 636 g/mol. The van der Waals surface area contributed by atoms with Gasteiger partial charge in [0.05, 0.1) is 16.4 Å². The van der Waals surface area contributed by atoms with Crippen molar-refractivity contribution in [2.45, 2.75) is 70.1 Å². The van der Waals surface area contributed by atoms with E-state index in [1.54, 1.807) is 9.90 Å². The van der Waals surface area contributed by atoms with E-state index in [4.69, 9.17) is 16.2 Å². The summed E-state index contributed by atoms with van der Waals surface area (Å²) >= 11 is 2.56. The zero-order valence-electron chi connectivity index (χ0n) is 24.6. The van der Waals surface area contributed by atoms with Crippen LogP contribution in [0.15, 0.2) is 17.8 Å². The highest BCUT2D eigenvalue weighted by atomic mass is 32.1. The van der Waals surface area contributed by atoms with Gasteiger partial charge in [0, 0.05) is 30.6 Å². The Bertz CT molecular complexity index is 1690. The molecule has 0 unspecified atom stereocenters. The van der Waals surface area contributed by atoms with Gasteiger partial charge in [0.1, 0.15) is 23.6 Å². The number of anilines is 2. The van der Waals surface area contributed by atoms with Crippen LogP contribution in [-0.2, 0) is 0 Å². The second-order valence-electron chi connectivity index (χ2n) is 11.8. The number of carbonyl (C=O) groups excluding carboxylic acids is 2. The Labute approximate surface area is 262 Å². The second-order valence-corrected chi connectivity index (χ2v) is 13.8. The SMILES string of the molecule is Cc1nc(OC2CCC(N3CCC3)CC2)c(C(=O)N[C@@H]2CCCN(c3cc(-c4csc(C(N)=O)n4)n4ncnc(N)c34)C2)s1. The summed E-state index contributed by atoms with van der Waals surface area (Å²) < 4.78 is 8.05. The van der Waals surface area contributed by atoms with Gasteiger partial charge in [0.15, 0.2) is 15.7 Å². The van der Waals surface area contributed by atoms with Crippen LogP contribution in [-0.4, -0.2) is 85.6 Å². The van der Waals surface area contributed by atoms with Gasteiger partial charge < -0.3 is 31.3 Å². The predicted molar refractivity (Wildman–Crippen MR) is 169 cm³/mol. The van der Waals surface area contributed by atoms with Crippen molar-refractivity contribution in [3.63, 3.8) is 0 Å². The van der Waals surface area contributed by atoms with Crippen molar-refractivity contribution in [1.29, 1.82) is 0 Å². The largest absolute Gasteiger partial charge is 0.473 e. The molecule has 0 aromatic carbocycles. The van der Waals surface area contributed by atoms with Crippen LogP contribution in [0.25, 0.3) is 16.9 Å². The van der Waals surface area contributed by atoms with E-state index in [1.165, 1.54) is 48.5 Å². The maximum atomic E-state index is 13.6. The van der Waals surface area contributed by atoms with Gasteiger partial charge in [-0.05, 0) is 71.0 Å². The zero-order chi connectivity index (χ0) is 30.4. The highest BCUT2D eigenvalue weighted by Crippen LogP contribution is 2.36. The van der Waals surface area contributed by atoms with Crippen LogP contribution in [0, 0.1) is 6.92 Å². The standard InChI is InChI=1S/C29H36N10O3S2/c1-16-34-28(42-19-7-5-18(6-8-19)37-10-3-11-37)24(44-16)27(41)35-17-4-2-9-38(13-17)22-12-21(20-14-43-29(36-20)26(31)40)39-23(22)25(30)32-15-33-39/h12,14-15,17-19H,2-11,13H2,1H3,(H2,31,40)(H,35,41)(H2,30,32,33)/t17-,18?,19?/m1/s1. The normalized spacial score (nSPS) is 22.6. The number of piperidine rings is 1. The molecule has 1 atom stereocenters. The molecule has 0 bridgehead atoms. The first-order valence-electron chi connectivity index (χ1n) is 15.2. The summed E-state index contributed by atoms with van der Waals surface area (Å²) in [7, 11) is 0. The van der Waals surface area contributed by atoms with Gasteiger partial charge in [0.25, 0.3) is 11.8 Å². The number of fused-ring (bicyclic) bond motifs is 1. The summed E-state index contributed by atoms with van der Waals surface area (Å²) in [6.07, 6.45) is 8.75. The molecule has 2 amide bonds. The number of aryl methyl sites for hydroxylation is 1. The average molecular weight is 637 g/mol. The first-order valence-corrected chi connectivity index (χ1v) is 16.9. The molecule has 2 aliphatic heterocycles. The molecular formula is C29H36N10O3S2. The van der Waals surface area contributed by atoms with Crippen LogP contribution in [0.5, 0.6) is 5.88 Å². The molecule has 44 heavy (non-hydrogen) atoms.